The predicted molar refractivity (Wildman–Crippen MR) is 225 cm³/mol. The van der Waals surface area contributed by atoms with E-state index >= 15 is 0 Å². The SMILES string of the molecule is C(=C1SC=C(SCSC2=CSC(=CC=C3SC=CS3)S2)S1)=C1SC=C(SCSC2=CSC(=CC=C3SC=CS3)S2)S1. The van der Waals surface area contributed by atoms with Crippen molar-refractivity contribution in [3.05, 3.63) is 116 Å². The molecule has 16 heteroatoms. The molecule has 6 aliphatic rings. The molecule has 0 N–H and O–H groups in total. The average molecular weight is 829 g/mol. The summed E-state index contributed by atoms with van der Waals surface area (Å²) < 4.78 is 13.5. The molecule has 6 heterocycles. The largest absolute Gasteiger partial charge is 0.107 e. The Kier molecular flexibility index (Phi) is 14.8. The minimum absolute atomic E-state index is 1.04. The fourth-order valence-electron chi connectivity index (χ4n) is 2.74. The summed E-state index contributed by atoms with van der Waals surface area (Å²) in [5.74, 6) is 0. The van der Waals surface area contributed by atoms with Crippen molar-refractivity contribution < 1.29 is 0 Å². The molecule has 0 aromatic carbocycles. The lowest BCUT2D eigenvalue weighted by molar-refractivity contribution is 2.05. The number of hydrogen-bond donors (Lipinski definition) is 0. The lowest BCUT2D eigenvalue weighted by Gasteiger charge is -2.02. The summed E-state index contributed by atoms with van der Waals surface area (Å²) >= 11 is 29.7. The van der Waals surface area contributed by atoms with Crippen LogP contribution in [0, 0.1) is 0 Å². The zero-order valence-electron chi connectivity index (χ0n) is 20.4. The molecule has 0 nitrogen and oxygen atoms in total. The lowest BCUT2D eigenvalue weighted by atomic mass is 10.6. The minimum atomic E-state index is 1.04. The first-order valence-corrected chi connectivity index (χ1v) is 25.5. The first kappa shape index (κ1) is 33.4. The molecule has 0 atom stereocenters. The first-order valence-electron chi connectivity index (χ1n) is 11.3. The molecule has 0 saturated heterocycles. The van der Waals surface area contributed by atoms with Gasteiger partial charge in [-0.05, 0) is 67.6 Å². The number of hydrogen-bond acceptors (Lipinski definition) is 16. The van der Waals surface area contributed by atoms with Gasteiger partial charge in [-0.25, -0.2) is 0 Å². The highest BCUT2D eigenvalue weighted by molar-refractivity contribution is 8.41. The summed E-state index contributed by atoms with van der Waals surface area (Å²) in [6, 6.07) is 0. The van der Waals surface area contributed by atoms with E-state index in [0.717, 1.165) is 10.2 Å². The highest BCUT2D eigenvalue weighted by Crippen LogP contribution is 2.55. The molecule has 0 amide bonds. The summed E-state index contributed by atoms with van der Waals surface area (Å²) in [6.45, 7) is 0. The van der Waals surface area contributed by atoms with Crippen molar-refractivity contribution >= 4 is 188 Å². The van der Waals surface area contributed by atoms with E-state index in [1.165, 1.54) is 42.4 Å². The monoisotopic (exact) mass is 828 g/mol. The molecule has 0 bridgehead atoms. The normalized spacial score (nSPS) is 23.7. The van der Waals surface area contributed by atoms with Crippen molar-refractivity contribution in [3.63, 3.8) is 0 Å². The number of thioether (sulfide) groups is 16. The van der Waals surface area contributed by atoms with Gasteiger partial charge in [0.15, 0.2) is 0 Å². The Hall–Kier alpha value is 2.52. The molecule has 0 spiro atoms. The minimum Gasteiger partial charge on any atom is -0.107 e. The molecule has 0 unspecified atom stereocenters. The second-order valence-electron chi connectivity index (χ2n) is 7.10. The van der Waals surface area contributed by atoms with Crippen LogP contribution in [0.4, 0.5) is 0 Å². The van der Waals surface area contributed by atoms with E-state index < -0.39 is 0 Å². The molecule has 0 aliphatic carbocycles. The van der Waals surface area contributed by atoms with E-state index in [0.29, 0.717) is 0 Å². The van der Waals surface area contributed by atoms with Gasteiger partial charge in [0.1, 0.15) is 0 Å². The van der Waals surface area contributed by atoms with Gasteiger partial charge in [0.25, 0.3) is 0 Å². The fraction of sp³-hybridized carbons (Fsp3) is 0.0800. The number of allylic oxidation sites excluding steroid dienone is 4. The highest BCUT2D eigenvalue weighted by Gasteiger charge is 2.19. The second-order valence-corrected chi connectivity index (χ2v) is 26.1. The molecule has 0 saturated carbocycles. The second kappa shape index (κ2) is 18.2. The molecule has 0 fully saturated rings. The molecule has 0 radical (unpaired) electrons. The summed E-state index contributed by atoms with van der Waals surface area (Å²) in [7, 11) is 0. The van der Waals surface area contributed by atoms with Crippen LogP contribution < -0.4 is 0 Å². The van der Waals surface area contributed by atoms with Crippen LogP contribution in [0.2, 0.25) is 0 Å². The van der Waals surface area contributed by atoms with Crippen LogP contribution in [0.1, 0.15) is 0 Å². The summed E-state index contributed by atoms with van der Waals surface area (Å²) in [5, 5.41) is 19.8. The lowest BCUT2D eigenvalue weighted by Crippen LogP contribution is -1.71. The molecule has 0 aromatic heterocycles. The van der Waals surface area contributed by atoms with Crippen LogP contribution in [0.3, 0.4) is 0 Å². The smallest absolute Gasteiger partial charge is 0.0938 e. The van der Waals surface area contributed by atoms with Gasteiger partial charge in [-0.15, -0.1) is 47.0 Å². The van der Waals surface area contributed by atoms with Crippen molar-refractivity contribution in [2.75, 3.05) is 10.2 Å². The molecular weight excluding hydrogens is 813 g/mol. The fourth-order valence-corrected chi connectivity index (χ4v) is 21.0. The van der Waals surface area contributed by atoms with E-state index in [9.17, 15) is 0 Å². The average Bonchev–Trinajstić information content (AvgIpc) is 3.81. The van der Waals surface area contributed by atoms with Gasteiger partial charge in [-0.3, -0.25) is 0 Å². The van der Waals surface area contributed by atoms with Crippen LogP contribution in [-0.2, 0) is 0 Å². The van der Waals surface area contributed by atoms with E-state index in [1.54, 1.807) is 70.6 Å². The summed E-state index contributed by atoms with van der Waals surface area (Å²) in [5.41, 5.74) is 3.65. The van der Waals surface area contributed by atoms with Crippen molar-refractivity contribution in [3.8, 4) is 0 Å². The van der Waals surface area contributed by atoms with Crippen molar-refractivity contribution in [2.45, 2.75) is 0 Å². The van der Waals surface area contributed by atoms with Gasteiger partial charge >= 0.3 is 0 Å². The standard InChI is InChI=1S/C25H16S16/c1(16-26-5-6-27-16)3-18-30-10-22(38-18)34-14-36-24-12-32-20(40-24)9-21-33-13-25(41-21)37-15-35-23-11-31-19(39-23)4-2-17-28-7-8-29-17/h1-8,10-13H,14-15H2. The molecular formula is C25H16S16. The van der Waals surface area contributed by atoms with Crippen LogP contribution in [0.15, 0.2) is 116 Å². The molecule has 6 rings (SSSR count). The summed E-state index contributed by atoms with van der Waals surface area (Å²) in [6.07, 6.45) is 8.94. The Morgan fingerprint density at radius 2 is 0.805 bits per heavy atom. The van der Waals surface area contributed by atoms with Crippen molar-refractivity contribution in [2.24, 2.45) is 0 Å². The van der Waals surface area contributed by atoms with Crippen LogP contribution in [0.5, 0.6) is 0 Å². The third-order valence-electron chi connectivity index (χ3n) is 4.42. The van der Waals surface area contributed by atoms with Crippen molar-refractivity contribution in [1.82, 2.24) is 0 Å². The third kappa shape index (κ3) is 11.3. The van der Waals surface area contributed by atoms with Crippen molar-refractivity contribution in [1.29, 1.82) is 0 Å². The summed E-state index contributed by atoms with van der Waals surface area (Å²) in [4.78, 5) is 0. The van der Waals surface area contributed by atoms with Crippen LogP contribution in [0.25, 0.3) is 0 Å². The Morgan fingerprint density at radius 1 is 0.439 bits per heavy atom. The quantitative estimate of drug-likeness (QED) is 0.151. The van der Waals surface area contributed by atoms with E-state index in [-0.39, 0.29) is 0 Å². The molecule has 6 aliphatic heterocycles. The highest BCUT2D eigenvalue weighted by atomic mass is 32.3. The van der Waals surface area contributed by atoms with E-state index in [2.05, 4.69) is 73.3 Å². The third-order valence-corrected chi connectivity index (χ3v) is 23.1. The van der Waals surface area contributed by atoms with Crippen LogP contribution in [-0.4, -0.2) is 10.2 Å². The first-order chi connectivity index (χ1) is 20.2. The number of rotatable bonds is 10. The maximum absolute atomic E-state index is 3.65. The predicted octanol–water partition coefficient (Wildman–Crippen LogP) is 15.5. The van der Waals surface area contributed by atoms with Gasteiger partial charge in [0, 0.05) is 27.1 Å². The van der Waals surface area contributed by atoms with Gasteiger partial charge in [0.2, 0.25) is 0 Å². The Bertz CT molecular complexity index is 1300. The van der Waals surface area contributed by atoms with E-state index in [1.807, 2.05) is 118 Å². The van der Waals surface area contributed by atoms with Gasteiger partial charge in [-0.2, -0.15) is 0 Å². The maximum Gasteiger partial charge on any atom is 0.0938 e. The zero-order valence-corrected chi connectivity index (χ0v) is 33.4. The Morgan fingerprint density at radius 3 is 1.24 bits per heavy atom. The van der Waals surface area contributed by atoms with E-state index in [4.69, 9.17) is 0 Å². The molecule has 0 aromatic rings. The topological polar surface area (TPSA) is 0 Å². The van der Waals surface area contributed by atoms with Crippen LogP contribution >= 0.6 is 188 Å². The Labute approximate surface area is 309 Å². The Balaban J connectivity index is 0.860. The maximum atomic E-state index is 3.65. The van der Waals surface area contributed by atoms with Gasteiger partial charge in [-0.1, -0.05) is 147 Å². The molecule has 41 heavy (non-hydrogen) atoms. The van der Waals surface area contributed by atoms with Gasteiger partial charge in [0.05, 0.1) is 25.4 Å². The molecule has 212 valence electrons. The van der Waals surface area contributed by atoms with Gasteiger partial charge < -0.3 is 0 Å². The zero-order chi connectivity index (χ0) is 27.7.